The van der Waals surface area contributed by atoms with E-state index >= 15 is 0 Å². The number of amides is 1. The highest BCUT2D eigenvalue weighted by Crippen LogP contribution is 2.43. The average molecular weight is 922 g/mol. The van der Waals surface area contributed by atoms with E-state index < -0.39 is 20.0 Å². The Bertz CT molecular complexity index is 1180. The molecule has 0 saturated heterocycles. The standard InChI is InChI=1S/C55H105N2O6P/c1-6-8-10-12-14-16-17-18-19-20-21-22-23-24-25-26-27-28-29-30-31-32-33-34-35-36-37-38-39-41-43-45-47-49-55(59)56-53(52-63-64(60,61)62-51-50-57(3,4)5)54(58)48-46-44-42-40-15-13-11-9-7-2/h8,10,14,16,18-19,21-22,53-54,58H,6-7,9,11-13,15,17,20,23-52H2,1-5H3,(H-,56,59,60,61)/p+1/b10-8-,16-14-,19-18-,22-21-. The van der Waals surface area contributed by atoms with Gasteiger partial charge in [0.15, 0.2) is 0 Å². The molecule has 64 heavy (non-hydrogen) atoms. The Balaban J connectivity index is 3.91. The number of aliphatic hydroxyl groups is 1. The van der Waals surface area contributed by atoms with Gasteiger partial charge in [0.1, 0.15) is 13.2 Å². The lowest BCUT2D eigenvalue weighted by atomic mass is 10.0. The summed E-state index contributed by atoms with van der Waals surface area (Å²) < 4.78 is 23.6. The molecule has 0 aromatic heterocycles. The molecule has 0 radical (unpaired) electrons. The number of hydrogen-bond donors (Lipinski definition) is 3. The predicted molar refractivity (Wildman–Crippen MR) is 277 cm³/mol. The summed E-state index contributed by atoms with van der Waals surface area (Å²) in [5.41, 5.74) is 0. The molecule has 1 amide bonds. The van der Waals surface area contributed by atoms with Crippen molar-refractivity contribution in [2.45, 2.75) is 257 Å². The zero-order valence-electron chi connectivity index (χ0n) is 42.8. The van der Waals surface area contributed by atoms with Crippen molar-refractivity contribution in [3.63, 3.8) is 0 Å². The van der Waals surface area contributed by atoms with Crippen LogP contribution in [0.1, 0.15) is 245 Å². The van der Waals surface area contributed by atoms with Crippen LogP contribution in [-0.4, -0.2) is 73.4 Å². The van der Waals surface area contributed by atoms with E-state index in [0.29, 0.717) is 23.9 Å². The predicted octanol–water partition coefficient (Wildman–Crippen LogP) is 16.0. The number of nitrogens with one attached hydrogen (secondary N) is 1. The fourth-order valence-electron chi connectivity index (χ4n) is 7.86. The van der Waals surface area contributed by atoms with E-state index in [-0.39, 0.29) is 19.1 Å². The third kappa shape index (κ3) is 48.4. The van der Waals surface area contributed by atoms with Gasteiger partial charge in [-0.3, -0.25) is 13.8 Å². The van der Waals surface area contributed by atoms with Crippen molar-refractivity contribution in [1.29, 1.82) is 0 Å². The van der Waals surface area contributed by atoms with Crippen molar-refractivity contribution in [2.75, 3.05) is 40.9 Å². The van der Waals surface area contributed by atoms with Gasteiger partial charge in [0.2, 0.25) is 5.91 Å². The molecule has 3 N–H and O–H groups in total. The van der Waals surface area contributed by atoms with E-state index in [0.717, 1.165) is 64.2 Å². The second-order valence-corrected chi connectivity index (χ2v) is 21.0. The summed E-state index contributed by atoms with van der Waals surface area (Å²) in [4.78, 5) is 23.2. The van der Waals surface area contributed by atoms with Crippen LogP contribution in [0.2, 0.25) is 0 Å². The Morgan fingerprint density at radius 3 is 1.38 bits per heavy atom. The molecule has 376 valence electrons. The van der Waals surface area contributed by atoms with E-state index in [9.17, 15) is 19.4 Å². The summed E-state index contributed by atoms with van der Waals surface area (Å²) in [5, 5.41) is 13.9. The Hall–Kier alpha value is -1.54. The van der Waals surface area contributed by atoms with Gasteiger partial charge < -0.3 is 19.8 Å². The highest BCUT2D eigenvalue weighted by atomic mass is 31.2. The SMILES string of the molecule is CC/C=C\C/C=C\C/C=C\C/C=C\CCCCCCCCCCCCCCCCCCCCCCC(=O)NC(COP(=O)(O)OCC[N+](C)(C)C)C(O)CCCCCCCCCCC. The molecule has 0 rings (SSSR count). The topological polar surface area (TPSA) is 105 Å². The van der Waals surface area contributed by atoms with Crippen LogP contribution >= 0.6 is 7.82 Å². The molecule has 0 fully saturated rings. The molecule has 0 spiro atoms. The molecular formula is C55H106N2O6P+. The molecule has 3 atom stereocenters. The van der Waals surface area contributed by atoms with Crippen LogP contribution in [-0.2, 0) is 18.4 Å². The monoisotopic (exact) mass is 922 g/mol. The first-order chi connectivity index (χ1) is 31.0. The Morgan fingerprint density at radius 2 is 0.938 bits per heavy atom. The molecular weight excluding hydrogens is 816 g/mol. The molecule has 0 aromatic carbocycles. The second kappa shape index (κ2) is 46.6. The van der Waals surface area contributed by atoms with Gasteiger partial charge in [-0.2, -0.15) is 0 Å². The van der Waals surface area contributed by atoms with Crippen molar-refractivity contribution in [1.82, 2.24) is 5.32 Å². The number of carbonyl (C=O) groups is 1. The fraction of sp³-hybridized carbons (Fsp3) is 0.836. The largest absolute Gasteiger partial charge is 0.472 e. The van der Waals surface area contributed by atoms with Crippen LogP contribution < -0.4 is 5.32 Å². The molecule has 0 aromatic rings. The molecule has 0 heterocycles. The van der Waals surface area contributed by atoms with Gasteiger partial charge in [0.25, 0.3) is 0 Å². The number of unbranched alkanes of at least 4 members (excludes halogenated alkanes) is 28. The molecule has 0 bridgehead atoms. The quantitative estimate of drug-likeness (QED) is 0.0243. The lowest BCUT2D eigenvalue weighted by Crippen LogP contribution is -2.46. The molecule has 0 aliphatic heterocycles. The fourth-order valence-corrected chi connectivity index (χ4v) is 8.60. The number of allylic oxidation sites excluding steroid dienone is 8. The van der Waals surface area contributed by atoms with E-state index in [1.807, 2.05) is 21.1 Å². The summed E-state index contributed by atoms with van der Waals surface area (Å²) in [7, 11) is 1.62. The first-order valence-electron chi connectivity index (χ1n) is 27.0. The van der Waals surface area contributed by atoms with Crippen LogP contribution in [0.3, 0.4) is 0 Å². The Labute approximate surface area is 397 Å². The summed E-state index contributed by atoms with van der Waals surface area (Å²) in [6.07, 6.45) is 60.4. The maximum absolute atomic E-state index is 12.9. The smallest absolute Gasteiger partial charge is 0.391 e. The van der Waals surface area contributed by atoms with Crippen molar-refractivity contribution >= 4 is 13.7 Å². The number of quaternary nitrogens is 1. The van der Waals surface area contributed by atoms with Gasteiger partial charge in [-0.25, -0.2) is 4.57 Å². The van der Waals surface area contributed by atoms with Gasteiger partial charge in [-0.1, -0.05) is 236 Å². The van der Waals surface area contributed by atoms with E-state index in [1.165, 1.54) is 154 Å². The van der Waals surface area contributed by atoms with Crippen LogP contribution in [0.4, 0.5) is 0 Å². The first-order valence-corrected chi connectivity index (χ1v) is 28.5. The number of likely N-dealkylation sites (N-methyl/N-ethyl adjacent to an activating group) is 1. The van der Waals surface area contributed by atoms with Crippen LogP contribution in [0.5, 0.6) is 0 Å². The molecule has 3 unspecified atom stereocenters. The Kier molecular flexibility index (Phi) is 45.4. The number of carbonyl (C=O) groups excluding carboxylic acids is 1. The number of aliphatic hydroxyl groups excluding tert-OH is 1. The minimum atomic E-state index is -4.31. The van der Waals surface area contributed by atoms with Crippen LogP contribution in [0, 0.1) is 0 Å². The minimum absolute atomic E-state index is 0.0752. The summed E-state index contributed by atoms with van der Waals surface area (Å²) >= 11 is 0. The summed E-state index contributed by atoms with van der Waals surface area (Å²) in [6, 6.07) is -0.757. The Morgan fingerprint density at radius 1 is 0.547 bits per heavy atom. The third-order valence-corrected chi connectivity index (χ3v) is 13.1. The first kappa shape index (κ1) is 62.5. The van der Waals surface area contributed by atoms with Gasteiger partial charge in [-0.05, 0) is 51.4 Å². The maximum atomic E-state index is 12.9. The van der Waals surface area contributed by atoms with Crippen LogP contribution in [0.25, 0.3) is 0 Å². The lowest BCUT2D eigenvalue weighted by molar-refractivity contribution is -0.870. The van der Waals surface area contributed by atoms with Crippen molar-refractivity contribution in [3.05, 3.63) is 48.6 Å². The zero-order valence-corrected chi connectivity index (χ0v) is 43.7. The maximum Gasteiger partial charge on any atom is 0.472 e. The van der Waals surface area contributed by atoms with E-state index in [4.69, 9.17) is 9.05 Å². The van der Waals surface area contributed by atoms with Gasteiger partial charge in [0.05, 0.1) is 39.9 Å². The van der Waals surface area contributed by atoms with Crippen molar-refractivity contribution < 1.29 is 32.9 Å². The van der Waals surface area contributed by atoms with E-state index in [1.54, 1.807) is 0 Å². The third-order valence-electron chi connectivity index (χ3n) is 12.1. The van der Waals surface area contributed by atoms with Crippen LogP contribution in [0.15, 0.2) is 48.6 Å². The number of rotatable bonds is 49. The molecule has 0 saturated carbocycles. The second-order valence-electron chi connectivity index (χ2n) is 19.6. The molecule has 8 nitrogen and oxygen atoms in total. The lowest BCUT2D eigenvalue weighted by Gasteiger charge is -2.26. The molecule has 9 heteroatoms. The van der Waals surface area contributed by atoms with Crippen molar-refractivity contribution in [3.8, 4) is 0 Å². The molecule has 0 aliphatic carbocycles. The van der Waals surface area contributed by atoms with Crippen molar-refractivity contribution in [2.24, 2.45) is 0 Å². The van der Waals surface area contributed by atoms with Gasteiger partial charge >= 0.3 is 7.82 Å². The number of nitrogens with zero attached hydrogens (tertiary/aromatic N) is 1. The molecule has 0 aliphatic rings. The highest BCUT2D eigenvalue weighted by Gasteiger charge is 2.28. The highest BCUT2D eigenvalue weighted by molar-refractivity contribution is 7.47. The zero-order chi connectivity index (χ0) is 47.1. The van der Waals surface area contributed by atoms with Gasteiger partial charge in [0, 0.05) is 6.42 Å². The van der Waals surface area contributed by atoms with E-state index in [2.05, 4.69) is 67.8 Å². The number of phosphoric acid groups is 1. The minimum Gasteiger partial charge on any atom is -0.391 e. The van der Waals surface area contributed by atoms with Gasteiger partial charge in [-0.15, -0.1) is 0 Å². The summed E-state index contributed by atoms with van der Waals surface area (Å²) in [5.74, 6) is -0.145. The normalized spacial score (nSPS) is 14.4. The average Bonchev–Trinajstić information content (AvgIpc) is 3.25. The number of hydrogen-bond acceptors (Lipinski definition) is 5. The number of phosphoric ester groups is 1. The summed E-state index contributed by atoms with van der Waals surface area (Å²) in [6.45, 7) is 4.76.